The number of nitrogens with zero attached hydrogens (tertiary/aromatic N) is 2. The van der Waals surface area contributed by atoms with Gasteiger partial charge in [0.25, 0.3) is 0 Å². The Morgan fingerprint density at radius 2 is 1.68 bits per heavy atom. The van der Waals surface area contributed by atoms with Gasteiger partial charge in [-0.25, -0.2) is 0 Å². The SMILES string of the molecule is N#CCC1CC(C(F)(F)F)=CC(C(F)(F)F)=C1C#N. The van der Waals surface area contributed by atoms with Crippen molar-refractivity contribution < 1.29 is 26.3 Å². The molecule has 8 heteroatoms. The topological polar surface area (TPSA) is 47.6 Å². The molecular weight excluding hydrogens is 274 g/mol. The van der Waals surface area contributed by atoms with Crippen LogP contribution >= 0.6 is 0 Å². The zero-order valence-electron chi connectivity index (χ0n) is 9.23. The van der Waals surface area contributed by atoms with E-state index in [1.807, 2.05) is 0 Å². The smallest absolute Gasteiger partial charge is 0.198 e. The third-order valence-electron chi connectivity index (χ3n) is 2.61. The monoisotopic (exact) mass is 280 g/mol. The molecule has 102 valence electrons. The van der Waals surface area contributed by atoms with Gasteiger partial charge in [-0.1, -0.05) is 0 Å². The predicted molar refractivity (Wildman–Crippen MR) is 51.2 cm³/mol. The minimum absolute atomic E-state index is 0.0492. The van der Waals surface area contributed by atoms with Crippen molar-refractivity contribution in [1.29, 1.82) is 10.5 Å². The molecule has 2 nitrogen and oxygen atoms in total. The largest absolute Gasteiger partial charge is 0.417 e. The Labute approximate surface area is 104 Å². The standard InChI is InChI=1S/C11H6F6N2/c12-10(13,14)7-3-6(1-2-18)8(5-19)9(4-7)11(15,16)17/h4,6H,1,3H2. The highest BCUT2D eigenvalue weighted by Crippen LogP contribution is 2.43. The first-order chi connectivity index (χ1) is 8.61. The predicted octanol–water partition coefficient (Wildman–Crippen LogP) is 3.79. The van der Waals surface area contributed by atoms with Crippen LogP contribution in [0, 0.1) is 28.6 Å². The highest BCUT2D eigenvalue weighted by atomic mass is 19.4. The second kappa shape index (κ2) is 4.96. The molecule has 0 radical (unpaired) electrons. The first-order valence-corrected chi connectivity index (χ1v) is 4.97. The lowest BCUT2D eigenvalue weighted by Crippen LogP contribution is -2.25. The molecule has 0 aliphatic heterocycles. The Kier molecular flexibility index (Phi) is 3.94. The summed E-state index contributed by atoms with van der Waals surface area (Å²) in [5.41, 5.74) is -3.81. The van der Waals surface area contributed by atoms with Crippen molar-refractivity contribution in [1.82, 2.24) is 0 Å². The maximum atomic E-state index is 12.6. The zero-order chi connectivity index (χ0) is 14.8. The summed E-state index contributed by atoms with van der Waals surface area (Å²) < 4.78 is 75.5. The van der Waals surface area contributed by atoms with Crippen LogP contribution in [0.1, 0.15) is 12.8 Å². The lowest BCUT2D eigenvalue weighted by molar-refractivity contribution is -0.100. The Balaban J connectivity index is 3.42. The van der Waals surface area contributed by atoms with Crippen LogP contribution in [-0.4, -0.2) is 12.4 Å². The Hall–Kier alpha value is -1.96. The van der Waals surface area contributed by atoms with Crippen LogP contribution in [-0.2, 0) is 0 Å². The van der Waals surface area contributed by atoms with Gasteiger partial charge in [0.2, 0.25) is 0 Å². The Bertz CT molecular complexity index is 509. The van der Waals surface area contributed by atoms with Gasteiger partial charge in [-0.3, -0.25) is 0 Å². The van der Waals surface area contributed by atoms with Gasteiger partial charge in [0.05, 0.1) is 17.7 Å². The van der Waals surface area contributed by atoms with Crippen LogP contribution in [0.3, 0.4) is 0 Å². The second-order valence-corrected chi connectivity index (χ2v) is 3.87. The van der Waals surface area contributed by atoms with Crippen LogP contribution < -0.4 is 0 Å². The van der Waals surface area contributed by atoms with Gasteiger partial charge in [0.1, 0.15) is 0 Å². The highest BCUT2D eigenvalue weighted by molar-refractivity contribution is 5.46. The molecule has 0 amide bonds. The molecule has 1 aliphatic rings. The number of rotatable bonds is 1. The van der Waals surface area contributed by atoms with Crippen LogP contribution in [0.15, 0.2) is 22.8 Å². The number of nitriles is 2. The van der Waals surface area contributed by atoms with Crippen molar-refractivity contribution in [3.8, 4) is 12.1 Å². The van der Waals surface area contributed by atoms with E-state index in [9.17, 15) is 26.3 Å². The van der Waals surface area contributed by atoms with Crippen molar-refractivity contribution in [3.05, 3.63) is 22.8 Å². The lowest BCUT2D eigenvalue weighted by atomic mass is 9.81. The molecule has 0 spiro atoms. The molecule has 0 bridgehead atoms. The van der Waals surface area contributed by atoms with E-state index in [0.717, 1.165) is 0 Å². The third-order valence-corrected chi connectivity index (χ3v) is 2.61. The highest BCUT2D eigenvalue weighted by Gasteiger charge is 2.45. The first kappa shape index (κ1) is 15.1. The summed E-state index contributed by atoms with van der Waals surface area (Å²) in [4.78, 5) is 0. The van der Waals surface area contributed by atoms with Crippen molar-refractivity contribution in [3.63, 3.8) is 0 Å². The molecule has 1 unspecified atom stereocenters. The normalized spacial score (nSPS) is 20.6. The summed E-state index contributed by atoms with van der Waals surface area (Å²) in [6.07, 6.45) is -11.4. The van der Waals surface area contributed by atoms with Gasteiger partial charge in [-0.15, -0.1) is 0 Å². The first-order valence-electron chi connectivity index (χ1n) is 4.97. The molecule has 19 heavy (non-hydrogen) atoms. The van der Waals surface area contributed by atoms with Crippen LogP contribution in [0.25, 0.3) is 0 Å². The Morgan fingerprint density at radius 3 is 2.05 bits per heavy atom. The van der Waals surface area contributed by atoms with Crippen molar-refractivity contribution in [2.75, 3.05) is 0 Å². The number of halogens is 6. The van der Waals surface area contributed by atoms with E-state index in [-0.39, 0.29) is 6.08 Å². The van der Waals surface area contributed by atoms with Crippen LogP contribution in [0.4, 0.5) is 26.3 Å². The maximum absolute atomic E-state index is 12.6. The molecule has 0 heterocycles. The summed E-state index contributed by atoms with van der Waals surface area (Å²) in [5, 5.41) is 17.1. The molecule has 0 aromatic carbocycles. The van der Waals surface area contributed by atoms with E-state index in [1.165, 1.54) is 12.1 Å². The average Bonchev–Trinajstić information content (AvgIpc) is 2.26. The number of allylic oxidation sites excluding steroid dienone is 4. The van der Waals surface area contributed by atoms with Crippen molar-refractivity contribution in [2.24, 2.45) is 5.92 Å². The summed E-state index contributed by atoms with van der Waals surface area (Å²) in [5.74, 6) is -1.38. The van der Waals surface area contributed by atoms with E-state index in [1.54, 1.807) is 0 Å². The molecule has 1 rings (SSSR count). The fraction of sp³-hybridized carbons (Fsp3) is 0.455. The van der Waals surface area contributed by atoms with Crippen molar-refractivity contribution in [2.45, 2.75) is 25.2 Å². The number of alkyl halides is 6. The fourth-order valence-corrected chi connectivity index (χ4v) is 1.77. The van der Waals surface area contributed by atoms with Crippen molar-refractivity contribution >= 4 is 0 Å². The van der Waals surface area contributed by atoms with Crippen LogP contribution in [0.2, 0.25) is 0 Å². The summed E-state index contributed by atoms with van der Waals surface area (Å²) in [7, 11) is 0. The molecule has 1 aliphatic carbocycles. The van der Waals surface area contributed by atoms with Crippen LogP contribution in [0.5, 0.6) is 0 Å². The molecule has 0 saturated heterocycles. The van der Waals surface area contributed by atoms with E-state index < -0.39 is 47.8 Å². The lowest BCUT2D eigenvalue weighted by Gasteiger charge is -2.25. The Morgan fingerprint density at radius 1 is 1.11 bits per heavy atom. The molecule has 0 aromatic rings. The summed E-state index contributed by atoms with van der Waals surface area (Å²) >= 11 is 0. The summed E-state index contributed by atoms with van der Waals surface area (Å²) in [6, 6.07) is 2.76. The minimum Gasteiger partial charge on any atom is -0.198 e. The van der Waals surface area contributed by atoms with Gasteiger partial charge in [0, 0.05) is 23.5 Å². The number of hydrogen-bond acceptors (Lipinski definition) is 2. The second-order valence-electron chi connectivity index (χ2n) is 3.87. The van der Waals surface area contributed by atoms with Gasteiger partial charge in [0.15, 0.2) is 0 Å². The quantitative estimate of drug-likeness (QED) is 0.686. The average molecular weight is 280 g/mol. The molecule has 0 fully saturated rings. The molecular formula is C11H6F6N2. The number of hydrogen-bond donors (Lipinski definition) is 0. The van der Waals surface area contributed by atoms with E-state index in [0.29, 0.717) is 0 Å². The van der Waals surface area contributed by atoms with Gasteiger partial charge in [-0.05, 0) is 12.5 Å². The molecule has 0 aromatic heterocycles. The van der Waals surface area contributed by atoms with Gasteiger partial charge in [-0.2, -0.15) is 36.9 Å². The minimum atomic E-state index is -5.06. The third kappa shape index (κ3) is 3.28. The van der Waals surface area contributed by atoms with E-state index >= 15 is 0 Å². The van der Waals surface area contributed by atoms with Gasteiger partial charge >= 0.3 is 12.4 Å². The molecule has 0 saturated carbocycles. The molecule has 1 atom stereocenters. The van der Waals surface area contributed by atoms with E-state index in [2.05, 4.69) is 0 Å². The fourth-order valence-electron chi connectivity index (χ4n) is 1.77. The molecule has 0 N–H and O–H groups in total. The maximum Gasteiger partial charge on any atom is 0.417 e. The summed E-state index contributed by atoms with van der Waals surface area (Å²) in [6.45, 7) is 0. The zero-order valence-corrected chi connectivity index (χ0v) is 9.23. The van der Waals surface area contributed by atoms with Gasteiger partial charge < -0.3 is 0 Å². The van der Waals surface area contributed by atoms with E-state index in [4.69, 9.17) is 10.5 Å².